The zero-order valence-corrected chi connectivity index (χ0v) is 13.6. The number of hydrogen-bond donors (Lipinski definition) is 1. The summed E-state index contributed by atoms with van der Waals surface area (Å²) in [6.07, 6.45) is 2.71. The summed E-state index contributed by atoms with van der Waals surface area (Å²) >= 11 is 0. The summed E-state index contributed by atoms with van der Waals surface area (Å²) in [5.41, 5.74) is 4.41. The van der Waals surface area contributed by atoms with E-state index < -0.39 is 0 Å². The minimum atomic E-state index is 0.640. The zero-order valence-electron chi connectivity index (χ0n) is 13.6. The van der Waals surface area contributed by atoms with Crippen LogP contribution in [0.25, 0.3) is 0 Å². The van der Waals surface area contributed by atoms with E-state index in [1.165, 1.54) is 42.6 Å². The van der Waals surface area contributed by atoms with Crippen LogP contribution in [0.2, 0.25) is 0 Å². The second-order valence-corrected chi connectivity index (χ2v) is 6.35. The molecule has 1 saturated heterocycles. The lowest BCUT2D eigenvalue weighted by Gasteiger charge is -2.36. The standard InChI is InChI=1S/C18H30N2/c1-5-19-16(4)17-10-7-11-20(12-17)13-18-14(2)8-6-9-15(18)3/h6,8-9,16-17,19H,5,7,10-13H2,1-4H3. The molecular formula is C18H30N2. The first-order valence-electron chi connectivity index (χ1n) is 8.12. The van der Waals surface area contributed by atoms with Crippen molar-refractivity contribution >= 4 is 0 Å². The first kappa shape index (κ1) is 15.5. The molecule has 2 rings (SSSR count). The van der Waals surface area contributed by atoms with Crippen LogP contribution in [0.3, 0.4) is 0 Å². The summed E-state index contributed by atoms with van der Waals surface area (Å²) in [6.45, 7) is 13.7. The third-order valence-electron chi connectivity index (χ3n) is 4.80. The van der Waals surface area contributed by atoms with E-state index in [1.54, 1.807) is 0 Å². The second-order valence-electron chi connectivity index (χ2n) is 6.35. The molecule has 1 heterocycles. The molecule has 2 heteroatoms. The van der Waals surface area contributed by atoms with Gasteiger partial charge in [-0.1, -0.05) is 25.1 Å². The van der Waals surface area contributed by atoms with E-state index in [-0.39, 0.29) is 0 Å². The van der Waals surface area contributed by atoms with Crippen molar-refractivity contribution in [3.63, 3.8) is 0 Å². The molecule has 112 valence electrons. The highest BCUT2D eigenvalue weighted by Crippen LogP contribution is 2.23. The van der Waals surface area contributed by atoms with Gasteiger partial charge in [-0.2, -0.15) is 0 Å². The summed E-state index contributed by atoms with van der Waals surface area (Å²) in [6, 6.07) is 7.29. The van der Waals surface area contributed by atoms with Crippen molar-refractivity contribution in [2.24, 2.45) is 5.92 Å². The zero-order chi connectivity index (χ0) is 14.5. The van der Waals surface area contributed by atoms with Gasteiger partial charge in [-0.05, 0) is 69.3 Å². The molecule has 2 unspecified atom stereocenters. The summed E-state index contributed by atoms with van der Waals surface area (Å²) in [5.74, 6) is 0.799. The molecule has 2 nitrogen and oxygen atoms in total. The molecular weight excluding hydrogens is 244 g/mol. The highest BCUT2D eigenvalue weighted by molar-refractivity contribution is 5.33. The Morgan fingerprint density at radius 1 is 1.30 bits per heavy atom. The van der Waals surface area contributed by atoms with Crippen molar-refractivity contribution in [3.8, 4) is 0 Å². The van der Waals surface area contributed by atoms with Crippen LogP contribution in [-0.4, -0.2) is 30.6 Å². The van der Waals surface area contributed by atoms with E-state index >= 15 is 0 Å². The first-order valence-corrected chi connectivity index (χ1v) is 8.12. The van der Waals surface area contributed by atoms with Crippen LogP contribution in [-0.2, 0) is 6.54 Å². The number of nitrogens with zero attached hydrogens (tertiary/aromatic N) is 1. The van der Waals surface area contributed by atoms with Crippen LogP contribution in [0.5, 0.6) is 0 Å². The maximum absolute atomic E-state index is 3.60. The molecule has 20 heavy (non-hydrogen) atoms. The third kappa shape index (κ3) is 3.83. The fourth-order valence-electron chi connectivity index (χ4n) is 3.45. The number of nitrogens with one attached hydrogen (secondary N) is 1. The van der Waals surface area contributed by atoms with Crippen molar-refractivity contribution < 1.29 is 0 Å². The van der Waals surface area contributed by atoms with Gasteiger partial charge < -0.3 is 5.32 Å². The van der Waals surface area contributed by atoms with Gasteiger partial charge in [0.2, 0.25) is 0 Å². The number of rotatable bonds is 5. The lowest BCUT2D eigenvalue weighted by molar-refractivity contribution is 0.145. The van der Waals surface area contributed by atoms with Crippen LogP contribution in [0, 0.1) is 19.8 Å². The van der Waals surface area contributed by atoms with Gasteiger partial charge in [0.05, 0.1) is 0 Å². The Morgan fingerprint density at radius 3 is 2.65 bits per heavy atom. The highest BCUT2D eigenvalue weighted by atomic mass is 15.1. The summed E-state index contributed by atoms with van der Waals surface area (Å²) < 4.78 is 0. The van der Waals surface area contributed by atoms with E-state index in [2.05, 4.69) is 56.1 Å². The molecule has 1 N–H and O–H groups in total. The Kier molecular flexibility index (Phi) is 5.62. The Labute approximate surface area is 124 Å². The van der Waals surface area contributed by atoms with Crippen molar-refractivity contribution in [1.29, 1.82) is 0 Å². The fraction of sp³-hybridized carbons (Fsp3) is 0.667. The Hall–Kier alpha value is -0.860. The lowest BCUT2D eigenvalue weighted by atomic mass is 9.91. The quantitative estimate of drug-likeness (QED) is 0.884. The van der Waals surface area contributed by atoms with Gasteiger partial charge in [0.1, 0.15) is 0 Å². The summed E-state index contributed by atoms with van der Waals surface area (Å²) in [7, 11) is 0. The minimum Gasteiger partial charge on any atom is -0.314 e. The smallest absolute Gasteiger partial charge is 0.0239 e. The monoisotopic (exact) mass is 274 g/mol. The average molecular weight is 274 g/mol. The van der Waals surface area contributed by atoms with Gasteiger partial charge in [-0.25, -0.2) is 0 Å². The lowest BCUT2D eigenvalue weighted by Crippen LogP contribution is -2.44. The number of aryl methyl sites for hydroxylation is 2. The molecule has 1 aliphatic heterocycles. The number of benzene rings is 1. The number of hydrogen-bond acceptors (Lipinski definition) is 2. The van der Waals surface area contributed by atoms with Crippen molar-refractivity contribution in [1.82, 2.24) is 10.2 Å². The largest absolute Gasteiger partial charge is 0.314 e. The van der Waals surface area contributed by atoms with E-state index in [1.807, 2.05) is 0 Å². The van der Waals surface area contributed by atoms with Crippen LogP contribution in [0.1, 0.15) is 43.4 Å². The van der Waals surface area contributed by atoms with E-state index in [0.29, 0.717) is 6.04 Å². The molecule has 0 amide bonds. The van der Waals surface area contributed by atoms with Crippen LogP contribution in [0.4, 0.5) is 0 Å². The van der Waals surface area contributed by atoms with E-state index in [4.69, 9.17) is 0 Å². The molecule has 0 spiro atoms. The number of likely N-dealkylation sites (tertiary alicyclic amines) is 1. The second kappa shape index (κ2) is 7.24. The topological polar surface area (TPSA) is 15.3 Å². The van der Waals surface area contributed by atoms with Crippen LogP contribution in [0.15, 0.2) is 18.2 Å². The van der Waals surface area contributed by atoms with Gasteiger partial charge >= 0.3 is 0 Å². The van der Waals surface area contributed by atoms with Gasteiger partial charge in [0, 0.05) is 19.1 Å². The Bertz CT molecular complexity index is 407. The van der Waals surface area contributed by atoms with E-state index in [0.717, 1.165) is 19.0 Å². The van der Waals surface area contributed by atoms with Crippen molar-refractivity contribution in [2.45, 2.75) is 53.1 Å². The molecule has 2 atom stereocenters. The molecule has 0 aliphatic carbocycles. The molecule has 1 aromatic carbocycles. The predicted octanol–water partition coefficient (Wildman–Crippen LogP) is 3.51. The maximum Gasteiger partial charge on any atom is 0.0239 e. The van der Waals surface area contributed by atoms with Crippen LogP contribution < -0.4 is 5.32 Å². The number of piperidine rings is 1. The van der Waals surface area contributed by atoms with Gasteiger partial charge in [0.15, 0.2) is 0 Å². The van der Waals surface area contributed by atoms with Crippen LogP contribution >= 0.6 is 0 Å². The SMILES string of the molecule is CCNC(C)C1CCCN(Cc2c(C)cccc2C)C1. The van der Waals surface area contributed by atoms with Crippen molar-refractivity contribution in [3.05, 3.63) is 34.9 Å². The normalized spacial score (nSPS) is 21.9. The Morgan fingerprint density at radius 2 is 2.00 bits per heavy atom. The van der Waals surface area contributed by atoms with Gasteiger partial charge in [0.25, 0.3) is 0 Å². The molecule has 0 saturated carbocycles. The first-order chi connectivity index (χ1) is 9.61. The van der Waals surface area contributed by atoms with E-state index in [9.17, 15) is 0 Å². The molecule has 1 aromatic rings. The average Bonchev–Trinajstić information content (AvgIpc) is 2.44. The van der Waals surface area contributed by atoms with Gasteiger partial charge in [-0.3, -0.25) is 4.90 Å². The molecule has 1 fully saturated rings. The molecule has 0 radical (unpaired) electrons. The molecule has 1 aliphatic rings. The third-order valence-corrected chi connectivity index (χ3v) is 4.80. The summed E-state index contributed by atoms with van der Waals surface area (Å²) in [5, 5.41) is 3.60. The minimum absolute atomic E-state index is 0.640. The predicted molar refractivity (Wildman–Crippen MR) is 87.1 cm³/mol. The van der Waals surface area contributed by atoms with Gasteiger partial charge in [-0.15, -0.1) is 0 Å². The fourth-order valence-corrected chi connectivity index (χ4v) is 3.45. The Balaban J connectivity index is 1.99. The maximum atomic E-state index is 3.60. The highest BCUT2D eigenvalue weighted by Gasteiger charge is 2.24. The van der Waals surface area contributed by atoms with Crippen molar-refractivity contribution in [2.75, 3.05) is 19.6 Å². The molecule has 0 aromatic heterocycles. The molecule has 0 bridgehead atoms. The summed E-state index contributed by atoms with van der Waals surface area (Å²) in [4.78, 5) is 2.65.